The Labute approximate surface area is 143 Å². The molecule has 24 heavy (non-hydrogen) atoms. The number of nitrogens with zero attached hydrogens (tertiary/aromatic N) is 1. The number of benzene rings is 1. The van der Waals surface area contributed by atoms with E-state index in [2.05, 4.69) is 9.72 Å². The van der Waals surface area contributed by atoms with Crippen LogP contribution in [0.3, 0.4) is 0 Å². The summed E-state index contributed by atoms with van der Waals surface area (Å²) in [5.41, 5.74) is 1.25. The van der Waals surface area contributed by atoms with Gasteiger partial charge in [0.15, 0.2) is 0 Å². The van der Waals surface area contributed by atoms with E-state index in [1.165, 1.54) is 7.11 Å². The molecule has 0 fully saturated rings. The third kappa shape index (κ3) is 4.95. The first-order valence-corrected chi connectivity index (χ1v) is 8.41. The number of methoxy groups -OCH3 is 2. The van der Waals surface area contributed by atoms with Crippen molar-refractivity contribution in [3.05, 3.63) is 53.9 Å². The summed E-state index contributed by atoms with van der Waals surface area (Å²) in [5, 5.41) is 0. The van der Waals surface area contributed by atoms with Crippen molar-refractivity contribution in [1.29, 1.82) is 0 Å². The van der Waals surface area contributed by atoms with E-state index in [4.69, 9.17) is 9.47 Å². The highest BCUT2D eigenvalue weighted by molar-refractivity contribution is 7.85. The molecule has 2 rings (SSSR count). The van der Waals surface area contributed by atoms with Crippen molar-refractivity contribution >= 4 is 16.8 Å². The van der Waals surface area contributed by atoms with Crippen LogP contribution in [0.25, 0.3) is 0 Å². The number of carbonyl (C=O) groups excluding carboxylic acids is 1. The van der Waals surface area contributed by atoms with Crippen molar-refractivity contribution in [2.24, 2.45) is 0 Å². The van der Waals surface area contributed by atoms with Gasteiger partial charge in [-0.15, -0.1) is 0 Å². The van der Waals surface area contributed by atoms with Gasteiger partial charge in [-0.2, -0.15) is 0 Å². The molecule has 0 aliphatic carbocycles. The van der Waals surface area contributed by atoms with Crippen LogP contribution >= 0.6 is 0 Å². The maximum atomic E-state index is 12.6. The Morgan fingerprint density at radius 3 is 2.50 bits per heavy atom. The second-order valence-corrected chi connectivity index (χ2v) is 6.34. The van der Waals surface area contributed by atoms with Crippen LogP contribution in [0, 0.1) is 0 Å². The van der Waals surface area contributed by atoms with Gasteiger partial charge in [-0.25, -0.2) is 9.00 Å². The van der Waals surface area contributed by atoms with Gasteiger partial charge in [-0.1, -0.05) is 0 Å². The van der Waals surface area contributed by atoms with Gasteiger partial charge >= 0.3 is 5.97 Å². The lowest BCUT2D eigenvalue weighted by atomic mass is 10.2. The third-order valence-electron chi connectivity index (χ3n) is 3.17. The molecule has 1 aromatic carbocycles. The van der Waals surface area contributed by atoms with Gasteiger partial charge in [-0.3, -0.25) is 4.98 Å². The van der Waals surface area contributed by atoms with E-state index in [0.29, 0.717) is 35.2 Å². The van der Waals surface area contributed by atoms with Crippen LogP contribution in [0.5, 0.6) is 0 Å². The third-order valence-corrected chi connectivity index (χ3v) is 4.53. The zero-order valence-electron chi connectivity index (χ0n) is 13.6. The van der Waals surface area contributed by atoms with Crippen molar-refractivity contribution < 1.29 is 23.2 Å². The molecule has 0 bridgehead atoms. The van der Waals surface area contributed by atoms with Crippen molar-refractivity contribution in [3.8, 4) is 0 Å². The smallest absolute Gasteiger partial charge is 0.337 e. The van der Waals surface area contributed by atoms with Crippen LogP contribution in [-0.2, 0) is 31.6 Å². The first-order chi connectivity index (χ1) is 11.7. The zero-order valence-corrected chi connectivity index (χ0v) is 14.4. The predicted molar refractivity (Wildman–Crippen MR) is 88.2 cm³/mol. The Hall–Kier alpha value is -2.09. The minimum atomic E-state index is -1.38. The van der Waals surface area contributed by atoms with E-state index in [9.17, 15) is 9.00 Å². The number of rotatable bonds is 8. The average Bonchev–Trinajstić information content (AvgIpc) is 2.64. The van der Waals surface area contributed by atoms with Gasteiger partial charge < -0.3 is 14.2 Å². The highest BCUT2D eigenvalue weighted by atomic mass is 32.2. The number of ether oxygens (including phenoxy) is 3. The molecule has 0 spiro atoms. The summed E-state index contributed by atoms with van der Waals surface area (Å²) in [5.74, 6) is -0.427. The lowest BCUT2D eigenvalue weighted by Gasteiger charge is -2.07. The number of pyridine rings is 1. The number of aromatic nitrogens is 1. The molecule has 2 aromatic rings. The van der Waals surface area contributed by atoms with Crippen molar-refractivity contribution in [2.75, 3.05) is 27.4 Å². The summed E-state index contributed by atoms with van der Waals surface area (Å²) in [6.45, 7) is 1.38. The molecule has 0 saturated carbocycles. The summed E-state index contributed by atoms with van der Waals surface area (Å²) in [6, 6.07) is 8.26. The number of hydrogen-bond acceptors (Lipinski definition) is 6. The first-order valence-electron chi connectivity index (χ1n) is 7.26. The Bertz CT molecular complexity index is 702. The summed E-state index contributed by atoms with van der Waals surface area (Å²) in [4.78, 5) is 16.7. The lowest BCUT2D eigenvalue weighted by Crippen LogP contribution is -2.03. The van der Waals surface area contributed by atoms with E-state index < -0.39 is 16.8 Å². The Morgan fingerprint density at radius 2 is 1.83 bits per heavy atom. The molecule has 1 heterocycles. The van der Waals surface area contributed by atoms with Crippen molar-refractivity contribution in [3.63, 3.8) is 0 Å². The number of carbonyl (C=O) groups is 1. The van der Waals surface area contributed by atoms with Gasteiger partial charge in [0.1, 0.15) is 0 Å². The van der Waals surface area contributed by atoms with Crippen LogP contribution in [0.1, 0.15) is 15.9 Å². The fourth-order valence-corrected chi connectivity index (χ4v) is 3.02. The molecule has 0 saturated heterocycles. The minimum Gasteiger partial charge on any atom is -0.465 e. The normalized spacial score (nSPS) is 11.9. The fourth-order valence-electron chi connectivity index (χ4n) is 1.94. The van der Waals surface area contributed by atoms with Gasteiger partial charge in [0.2, 0.25) is 0 Å². The van der Waals surface area contributed by atoms with Crippen LogP contribution in [-0.4, -0.2) is 42.6 Å². The molecular formula is C17H19NO5S. The summed E-state index contributed by atoms with van der Waals surface area (Å²) in [6.07, 6.45) is 3.23. The molecule has 7 heteroatoms. The first kappa shape index (κ1) is 18.3. The maximum absolute atomic E-state index is 12.6. The van der Waals surface area contributed by atoms with Crippen molar-refractivity contribution in [1.82, 2.24) is 4.98 Å². The molecule has 1 atom stereocenters. The summed E-state index contributed by atoms with van der Waals surface area (Å²) >= 11 is 0. The van der Waals surface area contributed by atoms with Gasteiger partial charge in [0.25, 0.3) is 0 Å². The van der Waals surface area contributed by atoms with Crippen molar-refractivity contribution in [2.45, 2.75) is 16.4 Å². The molecule has 1 unspecified atom stereocenters. The zero-order chi connectivity index (χ0) is 17.4. The standard InChI is InChI=1S/C17H19NO5S/c1-21-7-8-23-12-13-9-16(11-18-10-13)24(20)15-5-3-14(4-6-15)17(19)22-2/h3-6,9-11H,7-8,12H2,1-2H3. The minimum absolute atomic E-state index is 0.378. The maximum Gasteiger partial charge on any atom is 0.337 e. The largest absolute Gasteiger partial charge is 0.465 e. The molecule has 128 valence electrons. The lowest BCUT2D eigenvalue weighted by molar-refractivity contribution is 0.0600. The van der Waals surface area contributed by atoms with E-state index in [1.54, 1.807) is 49.8 Å². The molecule has 0 amide bonds. The molecular weight excluding hydrogens is 330 g/mol. The Balaban J connectivity index is 2.07. The highest BCUT2D eigenvalue weighted by Gasteiger charge is 2.11. The van der Waals surface area contributed by atoms with Gasteiger partial charge in [0, 0.05) is 24.4 Å². The summed E-state index contributed by atoms with van der Waals surface area (Å²) < 4.78 is 27.6. The fraction of sp³-hybridized carbons (Fsp3) is 0.294. The predicted octanol–water partition coefficient (Wildman–Crippen LogP) is 2.20. The van der Waals surface area contributed by atoms with Crippen LogP contribution < -0.4 is 0 Å². The van der Waals surface area contributed by atoms with E-state index in [0.717, 1.165) is 5.56 Å². The Kier molecular flexibility index (Phi) is 7.05. The average molecular weight is 349 g/mol. The molecule has 0 aliphatic rings. The SMILES string of the molecule is COCCOCc1cncc(S(=O)c2ccc(C(=O)OC)cc2)c1. The van der Waals surface area contributed by atoms with Gasteiger partial charge in [0.05, 0.1) is 48.2 Å². The van der Waals surface area contributed by atoms with Crippen LogP contribution in [0.15, 0.2) is 52.5 Å². The molecule has 0 aliphatic heterocycles. The summed E-state index contributed by atoms with van der Waals surface area (Å²) in [7, 11) is 1.55. The van der Waals surface area contributed by atoms with Crippen LogP contribution in [0.4, 0.5) is 0 Å². The second kappa shape index (κ2) is 9.27. The van der Waals surface area contributed by atoms with E-state index in [1.807, 2.05) is 0 Å². The molecule has 0 N–H and O–H groups in total. The number of hydrogen-bond donors (Lipinski definition) is 0. The highest BCUT2D eigenvalue weighted by Crippen LogP contribution is 2.18. The topological polar surface area (TPSA) is 74.7 Å². The van der Waals surface area contributed by atoms with E-state index in [-0.39, 0.29) is 0 Å². The monoisotopic (exact) mass is 349 g/mol. The Morgan fingerprint density at radius 1 is 1.08 bits per heavy atom. The molecule has 1 aromatic heterocycles. The molecule has 0 radical (unpaired) electrons. The van der Waals surface area contributed by atoms with Gasteiger partial charge in [-0.05, 0) is 35.9 Å². The molecule has 6 nitrogen and oxygen atoms in total. The van der Waals surface area contributed by atoms with E-state index >= 15 is 0 Å². The number of esters is 1. The van der Waals surface area contributed by atoms with Crippen LogP contribution in [0.2, 0.25) is 0 Å². The second-order valence-electron chi connectivity index (χ2n) is 4.86. The quantitative estimate of drug-likeness (QED) is 0.537.